The molecule has 0 aliphatic carbocycles. The SMILES string of the molecule is CC(C)CN(C)c1cc(Cl)ccc1CC(C)N. The highest BCUT2D eigenvalue weighted by Crippen LogP contribution is 2.25. The first kappa shape index (κ1) is 14.3. The van der Waals surface area contributed by atoms with Gasteiger partial charge < -0.3 is 10.6 Å². The van der Waals surface area contributed by atoms with Gasteiger partial charge >= 0.3 is 0 Å². The predicted molar refractivity (Wildman–Crippen MR) is 76.9 cm³/mol. The monoisotopic (exact) mass is 254 g/mol. The number of halogens is 1. The average molecular weight is 255 g/mol. The predicted octanol–water partition coefficient (Wildman–Crippen LogP) is 3.32. The standard InChI is InChI=1S/C14H23ClN2/c1-10(2)9-17(4)14-8-13(15)6-5-12(14)7-11(3)16/h5-6,8,10-11H,7,9,16H2,1-4H3. The Morgan fingerprint density at radius 1 is 1.29 bits per heavy atom. The fourth-order valence-corrected chi connectivity index (χ4v) is 2.22. The minimum absolute atomic E-state index is 0.169. The van der Waals surface area contributed by atoms with E-state index in [2.05, 4.69) is 31.9 Å². The first-order chi connectivity index (χ1) is 7.90. The van der Waals surface area contributed by atoms with Gasteiger partial charge in [0.2, 0.25) is 0 Å². The summed E-state index contributed by atoms with van der Waals surface area (Å²) in [7, 11) is 2.11. The Bertz CT molecular complexity index is 361. The lowest BCUT2D eigenvalue weighted by molar-refractivity contribution is 0.635. The highest BCUT2D eigenvalue weighted by Gasteiger charge is 2.11. The minimum atomic E-state index is 0.169. The first-order valence-electron chi connectivity index (χ1n) is 6.15. The molecule has 0 radical (unpaired) electrons. The Morgan fingerprint density at radius 3 is 2.47 bits per heavy atom. The van der Waals surface area contributed by atoms with Gasteiger partial charge in [0, 0.05) is 30.3 Å². The molecule has 1 aromatic rings. The highest BCUT2D eigenvalue weighted by atomic mass is 35.5. The lowest BCUT2D eigenvalue weighted by atomic mass is 10.0. The van der Waals surface area contributed by atoms with Crippen molar-refractivity contribution < 1.29 is 0 Å². The average Bonchev–Trinajstić information content (AvgIpc) is 2.19. The van der Waals surface area contributed by atoms with Gasteiger partial charge in [-0.25, -0.2) is 0 Å². The molecule has 1 rings (SSSR count). The quantitative estimate of drug-likeness (QED) is 0.874. The molecule has 0 bridgehead atoms. The lowest BCUT2D eigenvalue weighted by Crippen LogP contribution is -2.25. The zero-order valence-corrected chi connectivity index (χ0v) is 12.0. The molecule has 0 heterocycles. The molecule has 17 heavy (non-hydrogen) atoms. The Hall–Kier alpha value is -0.730. The van der Waals surface area contributed by atoms with Crippen molar-refractivity contribution in [2.75, 3.05) is 18.5 Å². The summed E-state index contributed by atoms with van der Waals surface area (Å²) in [5, 5.41) is 0.782. The summed E-state index contributed by atoms with van der Waals surface area (Å²) < 4.78 is 0. The van der Waals surface area contributed by atoms with Gasteiger partial charge in [-0.3, -0.25) is 0 Å². The van der Waals surface area contributed by atoms with Crippen LogP contribution in [0.1, 0.15) is 26.3 Å². The Balaban J connectivity index is 2.97. The molecule has 0 amide bonds. The van der Waals surface area contributed by atoms with Gasteiger partial charge in [0.25, 0.3) is 0 Å². The van der Waals surface area contributed by atoms with Crippen molar-refractivity contribution in [1.82, 2.24) is 0 Å². The van der Waals surface area contributed by atoms with Crippen LogP contribution in [0.25, 0.3) is 0 Å². The van der Waals surface area contributed by atoms with Crippen molar-refractivity contribution in [2.24, 2.45) is 11.7 Å². The number of hydrogen-bond donors (Lipinski definition) is 1. The zero-order chi connectivity index (χ0) is 13.0. The fraction of sp³-hybridized carbons (Fsp3) is 0.571. The van der Waals surface area contributed by atoms with Crippen LogP contribution in [0.2, 0.25) is 5.02 Å². The van der Waals surface area contributed by atoms with Gasteiger partial charge in [0.1, 0.15) is 0 Å². The number of hydrogen-bond acceptors (Lipinski definition) is 2. The van der Waals surface area contributed by atoms with E-state index < -0.39 is 0 Å². The molecule has 1 atom stereocenters. The number of rotatable bonds is 5. The van der Waals surface area contributed by atoms with Crippen LogP contribution in [-0.2, 0) is 6.42 Å². The van der Waals surface area contributed by atoms with Crippen molar-refractivity contribution in [3.63, 3.8) is 0 Å². The summed E-state index contributed by atoms with van der Waals surface area (Å²) in [6, 6.07) is 6.22. The van der Waals surface area contributed by atoms with Crippen LogP contribution in [0, 0.1) is 5.92 Å². The van der Waals surface area contributed by atoms with Crippen LogP contribution >= 0.6 is 11.6 Å². The first-order valence-corrected chi connectivity index (χ1v) is 6.53. The molecule has 0 fully saturated rings. The van der Waals surface area contributed by atoms with Crippen LogP contribution < -0.4 is 10.6 Å². The van der Waals surface area contributed by atoms with Crippen LogP contribution in [-0.4, -0.2) is 19.6 Å². The molecule has 0 aliphatic heterocycles. The van der Waals surface area contributed by atoms with Crippen LogP contribution in [0.5, 0.6) is 0 Å². The summed E-state index contributed by atoms with van der Waals surface area (Å²) in [5.74, 6) is 0.627. The molecule has 0 spiro atoms. The Morgan fingerprint density at radius 2 is 1.94 bits per heavy atom. The fourth-order valence-electron chi connectivity index (χ4n) is 2.06. The molecule has 3 heteroatoms. The second-order valence-corrected chi connectivity index (χ2v) is 5.67. The smallest absolute Gasteiger partial charge is 0.0426 e. The minimum Gasteiger partial charge on any atom is -0.374 e. The normalized spacial score (nSPS) is 12.9. The summed E-state index contributed by atoms with van der Waals surface area (Å²) in [6.45, 7) is 7.48. The maximum atomic E-state index is 6.08. The Kier molecular flexibility index (Phi) is 5.29. The zero-order valence-electron chi connectivity index (χ0n) is 11.2. The highest BCUT2D eigenvalue weighted by molar-refractivity contribution is 6.30. The third kappa shape index (κ3) is 4.57. The van der Waals surface area contributed by atoms with Crippen LogP contribution in [0.3, 0.4) is 0 Å². The van der Waals surface area contributed by atoms with E-state index in [1.165, 1.54) is 11.3 Å². The molecule has 0 aromatic heterocycles. The van der Waals surface area contributed by atoms with E-state index in [4.69, 9.17) is 17.3 Å². The third-order valence-corrected chi connectivity index (χ3v) is 2.87. The molecular formula is C14H23ClN2. The van der Waals surface area contributed by atoms with E-state index in [1.54, 1.807) is 0 Å². The number of nitrogens with two attached hydrogens (primary N) is 1. The number of nitrogens with zero attached hydrogens (tertiary/aromatic N) is 1. The van der Waals surface area contributed by atoms with Crippen molar-refractivity contribution in [2.45, 2.75) is 33.2 Å². The largest absolute Gasteiger partial charge is 0.374 e. The molecule has 2 nitrogen and oxygen atoms in total. The van der Waals surface area contributed by atoms with E-state index in [9.17, 15) is 0 Å². The summed E-state index contributed by atoms with van der Waals surface area (Å²) >= 11 is 6.08. The van der Waals surface area contributed by atoms with Gasteiger partial charge in [-0.05, 0) is 37.0 Å². The lowest BCUT2D eigenvalue weighted by Gasteiger charge is -2.25. The van der Waals surface area contributed by atoms with Crippen LogP contribution in [0.15, 0.2) is 18.2 Å². The van der Waals surface area contributed by atoms with E-state index in [1.807, 2.05) is 19.1 Å². The third-order valence-electron chi connectivity index (χ3n) is 2.64. The van der Waals surface area contributed by atoms with E-state index in [-0.39, 0.29) is 6.04 Å². The topological polar surface area (TPSA) is 29.3 Å². The summed E-state index contributed by atoms with van der Waals surface area (Å²) in [5.41, 5.74) is 8.35. The second kappa shape index (κ2) is 6.27. The van der Waals surface area contributed by atoms with Gasteiger partial charge in [-0.1, -0.05) is 31.5 Å². The molecule has 0 saturated heterocycles. The molecule has 1 aromatic carbocycles. The molecule has 2 N–H and O–H groups in total. The van der Waals surface area contributed by atoms with E-state index in [0.29, 0.717) is 5.92 Å². The molecule has 96 valence electrons. The van der Waals surface area contributed by atoms with Crippen LogP contribution in [0.4, 0.5) is 5.69 Å². The molecular weight excluding hydrogens is 232 g/mol. The maximum absolute atomic E-state index is 6.08. The molecule has 0 saturated carbocycles. The van der Waals surface area contributed by atoms with Crippen molar-refractivity contribution in [3.05, 3.63) is 28.8 Å². The summed E-state index contributed by atoms with van der Waals surface area (Å²) in [6.07, 6.45) is 0.884. The van der Waals surface area contributed by atoms with Gasteiger partial charge in [-0.2, -0.15) is 0 Å². The number of benzene rings is 1. The van der Waals surface area contributed by atoms with Gasteiger partial charge in [0.05, 0.1) is 0 Å². The van der Waals surface area contributed by atoms with E-state index >= 15 is 0 Å². The summed E-state index contributed by atoms with van der Waals surface area (Å²) in [4.78, 5) is 2.26. The Labute approximate surface area is 110 Å². The van der Waals surface area contributed by atoms with Crippen molar-refractivity contribution in [3.8, 4) is 0 Å². The van der Waals surface area contributed by atoms with Crippen molar-refractivity contribution in [1.29, 1.82) is 0 Å². The van der Waals surface area contributed by atoms with Crippen molar-refractivity contribution >= 4 is 17.3 Å². The number of anilines is 1. The molecule has 1 unspecified atom stereocenters. The second-order valence-electron chi connectivity index (χ2n) is 5.23. The van der Waals surface area contributed by atoms with Gasteiger partial charge in [-0.15, -0.1) is 0 Å². The van der Waals surface area contributed by atoms with E-state index in [0.717, 1.165) is 18.0 Å². The molecule has 0 aliphatic rings. The van der Waals surface area contributed by atoms with Gasteiger partial charge in [0.15, 0.2) is 0 Å². The maximum Gasteiger partial charge on any atom is 0.0426 e.